The van der Waals surface area contributed by atoms with Crippen molar-refractivity contribution in [1.29, 1.82) is 0 Å². The number of hydrogen-bond donors (Lipinski definition) is 1. The maximum atomic E-state index is 12.7. The van der Waals surface area contributed by atoms with Gasteiger partial charge in [-0.15, -0.1) is 0 Å². The van der Waals surface area contributed by atoms with Crippen molar-refractivity contribution in [2.24, 2.45) is 0 Å². The normalized spacial score (nSPS) is 11.5. The van der Waals surface area contributed by atoms with Gasteiger partial charge in [0.2, 0.25) is 5.91 Å². The van der Waals surface area contributed by atoms with Crippen LogP contribution in [0.1, 0.15) is 12.5 Å². The second-order valence-corrected chi connectivity index (χ2v) is 7.04. The zero-order valence-corrected chi connectivity index (χ0v) is 16.9. The first kappa shape index (κ1) is 20.3. The van der Waals surface area contributed by atoms with Gasteiger partial charge in [-0.25, -0.2) is 0 Å². The first-order chi connectivity index (χ1) is 12.4. The molecule has 26 heavy (non-hydrogen) atoms. The minimum Gasteiger partial charge on any atom is -0.484 e. The molecule has 1 atom stereocenters. The van der Waals surface area contributed by atoms with E-state index in [1.165, 1.54) is 4.90 Å². The van der Waals surface area contributed by atoms with E-state index in [-0.39, 0.29) is 18.4 Å². The highest BCUT2D eigenvalue weighted by Crippen LogP contribution is 2.17. The van der Waals surface area contributed by atoms with Crippen molar-refractivity contribution in [2.45, 2.75) is 19.5 Å². The number of amides is 2. The molecule has 2 amide bonds. The van der Waals surface area contributed by atoms with Crippen LogP contribution in [0.2, 0.25) is 5.02 Å². The van der Waals surface area contributed by atoms with Gasteiger partial charge in [-0.2, -0.15) is 0 Å². The average Bonchev–Trinajstić information content (AvgIpc) is 2.64. The quantitative estimate of drug-likeness (QED) is 0.716. The molecule has 0 fully saturated rings. The van der Waals surface area contributed by atoms with Crippen LogP contribution >= 0.6 is 27.5 Å². The molecule has 2 aromatic rings. The highest BCUT2D eigenvalue weighted by Gasteiger charge is 2.25. The smallest absolute Gasteiger partial charge is 0.261 e. The van der Waals surface area contributed by atoms with Gasteiger partial charge in [0.1, 0.15) is 11.8 Å². The number of carbonyl (C=O) groups excluding carboxylic acids is 2. The standard InChI is InChI=1S/C19H20BrClN2O3/c1-13(19(25)22-2)23(11-14-4-3-5-15(20)10-14)18(24)12-26-17-8-6-16(21)7-9-17/h3-10,13H,11-12H2,1-2H3,(H,22,25)/t13-/m1/s1. The molecule has 5 nitrogen and oxygen atoms in total. The minimum atomic E-state index is -0.625. The van der Waals surface area contributed by atoms with Gasteiger partial charge in [0.25, 0.3) is 5.91 Å². The predicted molar refractivity (Wildman–Crippen MR) is 105 cm³/mol. The van der Waals surface area contributed by atoms with Gasteiger partial charge in [0, 0.05) is 23.1 Å². The zero-order chi connectivity index (χ0) is 19.1. The lowest BCUT2D eigenvalue weighted by Crippen LogP contribution is -2.48. The summed E-state index contributed by atoms with van der Waals surface area (Å²) in [5.74, 6) is 0.0219. The van der Waals surface area contributed by atoms with E-state index in [4.69, 9.17) is 16.3 Å². The molecule has 0 heterocycles. The van der Waals surface area contributed by atoms with Crippen LogP contribution < -0.4 is 10.1 Å². The maximum Gasteiger partial charge on any atom is 0.261 e. The Labute approximate surface area is 166 Å². The van der Waals surface area contributed by atoms with E-state index in [2.05, 4.69) is 21.2 Å². The monoisotopic (exact) mass is 438 g/mol. The van der Waals surface area contributed by atoms with Gasteiger partial charge in [-0.3, -0.25) is 9.59 Å². The number of halogens is 2. The molecule has 0 saturated heterocycles. The molecule has 0 aliphatic carbocycles. The second-order valence-electron chi connectivity index (χ2n) is 5.68. The molecule has 0 radical (unpaired) electrons. The highest BCUT2D eigenvalue weighted by molar-refractivity contribution is 9.10. The first-order valence-corrected chi connectivity index (χ1v) is 9.21. The Kier molecular flexibility index (Phi) is 7.48. The van der Waals surface area contributed by atoms with Crippen LogP contribution in [-0.2, 0) is 16.1 Å². The summed E-state index contributed by atoms with van der Waals surface area (Å²) in [5, 5.41) is 3.17. The van der Waals surface area contributed by atoms with Crippen molar-refractivity contribution in [3.63, 3.8) is 0 Å². The van der Waals surface area contributed by atoms with Crippen LogP contribution in [0.15, 0.2) is 53.0 Å². The van der Waals surface area contributed by atoms with Crippen molar-refractivity contribution in [1.82, 2.24) is 10.2 Å². The van der Waals surface area contributed by atoms with Gasteiger partial charge in [-0.1, -0.05) is 39.7 Å². The molecule has 0 bridgehead atoms. The zero-order valence-electron chi connectivity index (χ0n) is 14.5. The van der Waals surface area contributed by atoms with Gasteiger partial charge in [0.05, 0.1) is 0 Å². The van der Waals surface area contributed by atoms with E-state index in [1.54, 1.807) is 38.2 Å². The van der Waals surface area contributed by atoms with Gasteiger partial charge < -0.3 is 15.0 Å². The topological polar surface area (TPSA) is 58.6 Å². The lowest BCUT2D eigenvalue weighted by molar-refractivity contribution is -0.142. The molecule has 0 spiro atoms. The molecule has 1 N–H and O–H groups in total. The molecule has 2 rings (SSSR count). The van der Waals surface area contributed by atoms with Gasteiger partial charge in [-0.05, 0) is 48.9 Å². The molecular formula is C19H20BrClN2O3. The Hall–Kier alpha value is -2.05. The van der Waals surface area contributed by atoms with Crippen molar-refractivity contribution in [3.05, 3.63) is 63.6 Å². The Balaban J connectivity index is 2.12. The van der Waals surface area contributed by atoms with Gasteiger partial charge in [0.15, 0.2) is 6.61 Å². The molecule has 7 heteroatoms. The summed E-state index contributed by atoms with van der Waals surface area (Å²) < 4.78 is 6.45. The van der Waals surface area contributed by atoms with Crippen LogP contribution in [0.3, 0.4) is 0 Å². The lowest BCUT2D eigenvalue weighted by Gasteiger charge is -2.28. The van der Waals surface area contributed by atoms with E-state index in [0.717, 1.165) is 10.0 Å². The third kappa shape index (κ3) is 5.75. The maximum absolute atomic E-state index is 12.7. The molecule has 0 aliphatic heterocycles. The van der Waals surface area contributed by atoms with Crippen LogP contribution in [0.5, 0.6) is 5.75 Å². The van der Waals surface area contributed by atoms with E-state index in [0.29, 0.717) is 17.3 Å². The fraction of sp³-hybridized carbons (Fsp3) is 0.263. The summed E-state index contributed by atoms with van der Waals surface area (Å²) in [6.45, 7) is 1.82. The number of carbonyl (C=O) groups is 2. The van der Waals surface area contributed by atoms with E-state index in [9.17, 15) is 9.59 Å². The third-order valence-electron chi connectivity index (χ3n) is 3.83. The number of nitrogens with zero attached hydrogens (tertiary/aromatic N) is 1. The summed E-state index contributed by atoms with van der Waals surface area (Å²) in [5.41, 5.74) is 0.912. The average molecular weight is 440 g/mol. The van der Waals surface area contributed by atoms with E-state index in [1.807, 2.05) is 24.3 Å². The van der Waals surface area contributed by atoms with Crippen LogP contribution in [0, 0.1) is 0 Å². The van der Waals surface area contributed by atoms with E-state index < -0.39 is 6.04 Å². The van der Waals surface area contributed by atoms with Crippen molar-refractivity contribution < 1.29 is 14.3 Å². The number of hydrogen-bond acceptors (Lipinski definition) is 3. The first-order valence-electron chi connectivity index (χ1n) is 8.04. The molecule has 0 unspecified atom stereocenters. The SMILES string of the molecule is CNC(=O)[C@@H](C)N(Cc1cccc(Br)c1)C(=O)COc1ccc(Cl)cc1. The van der Waals surface area contributed by atoms with E-state index >= 15 is 0 Å². The molecule has 2 aromatic carbocycles. The van der Waals surface area contributed by atoms with Crippen LogP contribution in [-0.4, -0.2) is 36.4 Å². The Morgan fingerprint density at radius 3 is 2.54 bits per heavy atom. The molecule has 0 saturated carbocycles. The number of ether oxygens (including phenoxy) is 1. The molecule has 0 aromatic heterocycles. The molecule has 0 aliphatic rings. The lowest BCUT2D eigenvalue weighted by atomic mass is 10.1. The Morgan fingerprint density at radius 2 is 1.92 bits per heavy atom. The summed E-state index contributed by atoms with van der Waals surface area (Å²) in [7, 11) is 1.55. The summed E-state index contributed by atoms with van der Waals surface area (Å²) in [4.78, 5) is 26.3. The summed E-state index contributed by atoms with van der Waals surface area (Å²) in [6, 6.07) is 13.7. The number of likely N-dealkylation sites (N-methyl/N-ethyl adjacent to an activating group) is 1. The summed E-state index contributed by atoms with van der Waals surface area (Å²) in [6.07, 6.45) is 0. The fourth-order valence-electron chi connectivity index (χ4n) is 2.38. The van der Waals surface area contributed by atoms with Gasteiger partial charge >= 0.3 is 0 Å². The fourth-order valence-corrected chi connectivity index (χ4v) is 2.95. The summed E-state index contributed by atoms with van der Waals surface area (Å²) >= 11 is 9.26. The highest BCUT2D eigenvalue weighted by atomic mass is 79.9. The predicted octanol–water partition coefficient (Wildman–Crippen LogP) is 3.64. The third-order valence-corrected chi connectivity index (χ3v) is 4.58. The second kappa shape index (κ2) is 9.59. The Bertz CT molecular complexity index is 768. The largest absolute Gasteiger partial charge is 0.484 e. The Morgan fingerprint density at radius 1 is 1.23 bits per heavy atom. The van der Waals surface area contributed by atoms with Crippen molar-refractivity contribution >= 4 is 39.3 Å². The van der Waals surface area contributed by atoms with Crippen molar-refractivity contribution in [2.75, 3.05) is 13.7 Å². The minimum absolute atomic E-state index is 0.170. The number of benzene rings is 2. The van der Waals surface area contributed by atoms with Crippen LogP contribution in [0.4, 0.5) is 0 Å². The van der Waals surface area contributed by atoms with Crippen molar-refractivity contribution in [3.8, 4) is 5.75 Å². The number of nitrogens with one attached hydrogen (secondary N) is 1. The van der Waals surface area contributed by atoms with Crippen LogP contribution in [0.25, 0.3) is 0 Å². The molecule has 138 valence electrons. The number of rotatable bonds is 7. The molecular weight excluding hydrogens is 420 g/mol.